The van der Waals surface area contributed by atoms with Gasteiger partial charge in [0.2, 0.25) is 5.91 Å². The third kappa shape index (κ3) is 3.98. The van der Waals surface area contributed by atoms with Crippen molar-refractivity contribution in [2.45, 2.75) is 45.6 Å². The topological polar surface area (TPSA) is 43.8 Å². The first-order chi connectivity index (χ1) is 11.6. The Labute approximate surface area is 145 Å². The summed E-state index contributed by atoms with van der Waals surface area (Å²) in [5.74, 6) is 0.274. The van der Waals surface area contributed by atoms with Gasteiger partial charge in [-0.05, 0) is 62.2 Å². The van der Waals surface area contributed by atoms with Gasteiger partial charge in [-0.3, -0.25) is 9.69 Å². The van der Waals surface area contributed by atoms with Crippen molar-refractivity contribution in [3.8, 4) is 0 Å². The molecule has 2 saturated heterocycles. The molecular weight excluding hydrogens is 300 g/mol. The second kappa shape index (κ2) is 7.66. The number of aliphatic hydroxyl groups excluding tert-OH is 1. The van der Waals surface area contributed by atoms with Gasteiger partial charge in [0.15, 0.2) is 0 Å². The molecule has 1 aromatic rings. The maximum Gasteiger partial charge on any atom is 0.222 e. The molecule has 1 N–H and O–H groups in total. The molecule has 2 heterocycles. The van der Waals surface area contributed by atoms with Gasteiger partial charge in [0.05, 0.1) is 0 Å². The molecule has 0 unspecified atom stereocenters. The number of likely N-dealkylation sites (tertiary alicyclic amines) is 2. The third-order valence-corrected chi connectivity index (χ3v) is 5.91. The van der Waals surface area contributed by atoms with Crippen LogP contribution in [0.25, 0.3) is 0 Å². The molecule has 0 aromatic heterocycles. The van der Waals surface area contributed by atoms with Gasteiger partial charge in [0, 0.05) is 32.7 Å². The van der Waals surface area contributed by atoms with Crippen LogP contribution in [0.4, 0.5) is 0 Å². The maximum atomic E-state index is 12.1. The fraction of sp³-hybridized carbons (Fsp3) is 0.650. The van der Waals surface area contributed by atoms with Crippen LogP contribution in [0.15, 0.2) is 24.3 Å². The average Bonchev–Trinajstić information content (AvgIpc) is 2.60. The Morgan fingerprint density at radius 2 is 1.92 bits per heavy atom. The number of benzene rings is 1. The van der Waals surface area contributed by atoms with Gasteiger partial charge in [-0.2, -0.15) is 0 Å². The smallest absolute Gasteiger partial charge is 0.222 e. The zero-order chi connectivity index (χ0) is 17.0. The number of carbonyl (C=O) groups excluding carboxylic acids is 1. The summed E-state index contributed by atoms with van der Waals surface area (Å²) in [6, 6.07) is 8.64. The fourth-order valence-electron chi connectivity index (χ4n) is 4.19. The molecule has 132 valence electrons. The summed E-state index contributed by atoms with van der Waals surface area (Å²) in [5.41, 5.74) is 3.11. The van der Waals surface area contributed by atoms with Crippen molar-refractivity contribution in [2.75, 3.05) is 32.8 Å². The Balaban J connectivity index is 1.56. The zero-order valence-corrected chi connectivity index (χ0v) is 14.8. The first-order valence-corrected chi connectivity index (χ1v) is 9.27. The highest BCUT2D eigenvalue weighted by Gasteiger charge is 2.40. The van der Waals surface area contributed by atoms with E-state index in [1.54, 1.807) is 0 Å². The molecule has 0 saturated carbocycles. The summed E-state index contributed by atoms with van der Waals surface area (Å²) in [6.07, 6.45) is 4.79. The second-order valence-electron chi connectivity index (χ2n) is 7.60. The van der Waals surface area contributed by atoms with E-state index < -0.39 is 0 Å². The predicted octanol–water partition coefficient (Wildman–Crippen LogP) is 2.58. The minimum Gasteiger partial charge on any atom is -0.396 e. The van der Waals surface area contributed by atoms with Gasteiger partial charge in [-0.25, -0.2) is 0 Å². The summed E-state index contributed by atoms with van der Waals surface area (Å²) in [6.45, 7) is 7.24. The van der Waals surface area contributed by atoms with Crippen molar-refractivity contribution in [1.82, 2.24) is 9.80 Å². The van der Waals surface area contributed by atoms with Crippen LogP contribution < -0.4 is 0 Å². The molecule has 1 spiro atoms. The van der Waals surface area contributed by atoms with Crippen LogP contribution in [0.3, 0.4) is 0 Å². The van der Waals surface area contributed by atoms with E-state index in [9.17, 15) is 4.79 Å². The van der Waals surface area contributed by atoms with Crippen molar-refractivity contribution >= 4 is 5.91 Å². The van der Waals surface area contributed by atoms with Crippen molar-refractivity contribution < 1.29 is 9.90 Å². The van der Waals surface area contributed by atoms with E-state index in [1.165, 1.54) is 24.0 Å². The molecule has 0 bridgehead atoms. The average molecular weight is 330 g/mol. The molecular formula is C20H30N2O2. The number of amides is 1. The van der Waals surface area contributed by atoms with E-state index in [4.69, 9.17) is 5.11 Å². The van der Waals surface area contributed by atoms with Crippen molar-refractivity contribution in [2.24, 2.45) is 5.41 Å². The molecule has 0 aliphatic carbocycles. The van der Waals surface area contributed by atoms with Crippen LogP contribution in [0.2, 0.25) is 0 Å². The Morgan fingerprint density at radius 1 is 1.17 bits per heavy atom. The second-order valence-corrected chi connectivity index (χ2v) is 7.60. The van der Waals surface area contributed by atoms with Gasteiger partial charge >= 0.3 is 0 Å². The van der Waals surface area contributed by atoms with E-state index in [0.29, 0.717) is 24.8 Å². The molecule has 0 radical (unpaired) electrons. The highest BCUT2D eigenvalue weighted by atomic mass is 16.3. The van der Waals surface area contributed by atoms with E-state index in [2.05, 4.69) is 36.1 Å². The number of aliphatic hydroxyl groups is 1. The molecule has 3 rings (SSSR count). The summed E-state index contributed by atoms with van der Waals surface area (Å²) in [7, 11) is 0. The predicted molar refractivity (Wildman–Crippen MR) is 95.6 cm³/mol. The summed E-state index contributed by atoms with van der Waals surface area (Å²) in [5, 5.41) is 9.04. The minimum absolute atomic E-state index is 0.168. The van der Waals surface area contributed by atoms with Crippen LogP contribution in [0.1, 0.15) is 43.2 Å². The fourth-order valence-corrected chi connectivity index (χ4v) is 4.19. The summed E-state index contributed by atoms with van der Waals surface area (Å²) < 4.78 is 0. The molecule has 0 atom stereocenters. The molecule has 2 aliphatic rings. The lowest BCUT2D eigenvalue weighted by atomic mass is 9.72. The third-order valence-electron chi connectivity index (χ3n) is 5.91. The van der Waals surface area contributed by atoms with Gasteiger partial charge in [0.1, 0.15) is 0 Å². The summed E-state index contributed by atoms with van der Waals surface area (Å²) >= 11 is 0. The van der Waals surface area contributed by atoms with Crippen LogP contribution in [0.5, 0.6) is 0 Å². The first kappa shape index (κ1) is 17.4. The molecule has 2 fully saturated rings. The van der Waals surface area contributed by atoms with Crippen LogP contribution in [-0.2, 0) is 11.3 Å². The lowest BCUT2D eigenvalue weighted by molar-refractivity contribution is -0.139. The molecule has 1 amide bonds. The van der Waals surface area contributed by atoms with Gasteiger partial charge in [-0.15, -0.1) is 0 Å². The van der Waals surface area contributed by atoms with E-state index in [-0.39, 0.29) is 12.5 Å². The molecule has 24 heavy (non-hydrogen) atoms. The SMILES string of the molecule is Cc1ccccc1CN1CCC2(CCC(=O)N(CCCO)C2)CC1. The summed E-state index contributed by atoms with van der Waals surface area (Å²) in [4.78, 5) is 16.7. The Morgan fingerprint density at radius 3 is 2.62 bits per heavy atom. The highest BCUT2D eigenvalue weighted by Crippen LogP contribution is 2.40. The number of hydrogen-bond acceptors (Lipinski definition) is 3. The van der Waals surface area contributed by atoms with Crippen molar-refractivity contribution in [1.29, 1.82) is 0 Å². The Bertz CT molecular complexity index is 565. The number of aryl methyl sites for hydroxylation is 1. The lowest BCUT2D eigenvalue weighted by Crippen LogP contribution is -2.51. The first-order valence-electron chi connectivity index (χ1n) is 9.27. The number of rotatable bonds is 5. The van der Waals surface area contributed by atoms with Gasteiger partial charge in [-0.1, -0.05) is 24.3 Å². The van der Waals surface area contributed by atoms with Crippen LogP contribution in [-0.4, -0.2) is 53.6 Å². The number of piperidine rings is 2. The standard InChI is InChI=1S/C20H30N2O2/c1-17-5-2-3-6-18(17)15-21-12-9-20(10-13-21)8-7-19(24)22(16-20)11-4-14-23/h2-3,5-6,23H,4,7-16H2,1H3. The number of carbonyl (C=O) groups is 1. The van der Waals surface area contributed by atoms with Gasteiger partial charge in [0.25, 0.3) is 0 Å². The van der Waals surface area contributed by atoms with E-state index >= 15 is 0 Å². The van der Waals surface area contributed by atoms with Crippen LogP contribution in [0, 0.1) is 12.3 Å². The Hall–Kier alpha value is -1.39. The normalized spacial score (nSPS) is 21.4. The quantitative estimate of drug-likeness (QED) is 0.902. The monoisotopic (exact) mass is 330 g/mol. The van der Waals surface area contributed by atoms with Crippen molar-refractivity contribution in [3.05, 3.63) is 35.4 Å². The minimum atomic E-state index is 0.168. The largest absolute Gasteiger partial charge is 0.396 e. The molecule has 4 heteroatoms. The highest BCUT2D eigenvalue weighted by molar-refractivity contribution is 5.77. The van der Waals surface area contributed by atoms with E-state index in [0.717, 1.165) is 32.6 Å². The van der Waals surface area contributed by atoms with Crippen molar-refractivity contribution in [3.63, 3.8) is 0 Å². The number of nitrogens with zero attached hydrogens (tertiary/aromatic N) is 2. The zero-order valence-electron chi connectivity index (χ0n) is 14.8. The van der Waals surface area contributed by atoms with Gasteiger partial charge < -0.3 is 10.0 Å². The molecule has 4 nitrogen and oxygen atoms in total. The number of hydrogen-bond donors (Lipinski definition) is 1. The molecule has 1 aromatic carbocycles. The lowest BCUT2D eigenvalue weighted by Gasteiger charge is -2.47. The maximum absolute atomic E-state index is 12.1. The molecule has 2 aliphatic heterocycles. The van der Waals surface area contributed by atoms with E-state index in [1.807, 2.05) is 4.90 Å². The van der Waals surface area contributed by atoms with Crippen LogP contribution >= 0.6 is 0 Å². The Kier molecular flexibility index (Phi) is 5.57.